The lowest BCUT2D eigenvalue weighted by atomic mass is 10.1. The summed E-state index contributed by atoms with van der Waals surface area (Å²) >= 11 is 0. The molecular weight excluding hydrogens is 206 g/mol. The van der Waals surface area contributed by atoms with Crippen LogP contribution in [0, 0.1) is 5.92 Å². The van der Waals surface area contributed by atoms with Crippen molar-refractivity contribution in [2.75, 3.05) is 26.2 Å². The Kier molecular flexibility index (Phi) is 5.25. The average molecular weight is 227 g/mol. The summed E-state index contributed by atoms with van der Waals surface area (Å²) in [6, 6.07) is 0. The van der Waals surface area contributed by atoms with E-state index >= 15 is 0 Å². The molecule has 1 atom stereocenters. The minimum atomic E-state index is -0.228. The van der Waals surface area contributed by atoms with Crippen molar-refractivity contribution in [3.63, 3.8) is 0 Å². The van der Waals surface area contributed by atoms with Gasteiger partial charge in [-0.3, -0.25) is 9.59 Å². The smallest absolute Gasteiger partial charge is 0.241 e. The van der Waals surface area contributed by atoms with Gasteiger partial charge in [0.2, 0.25) is 11.8 Å². The van der Waals surface area contributed by atoms with E-state index in [1.807, 2.05) is 4.90 Å². The lowest BCUT2D eigenvalue weighted by Crippen LogP contribution is -2.44. The number of rotatable bonds is 4. The lowest BCUT2D eigenvalue weighted by Gasteiger charge is -2.26. The van der Waals surface area contributed by atoms with E-state index in [4.69, 9.17) is 5.73 Å². The monoisotopic (exact) mass is 227 g/mol. The summed E-state index contributed by atoms with van der Waals surface area (Å²) < 4.78 is 0. The van der Waals surface area contributed by atoms with E-state index in [9.17, 15) is 9.59 Å². The third-order valence-electron chi connectivity index (χ3n) is 2.92. The molecule has 5 nitrogen and oxygen atoms in total. The predicted octanol–water partition coefficient (Wildman–Crippen LogP) is -0.290. The highest BCUT2D eigenvalue weighted by molar-refractivity contribution is 5.85. The largest absolute Gasteiger partial charge is 0.347 e. The number of likely N-dealkylation sites (tertiary alicyclic amines) is 1. The van der Waals surface area contributed by atoms with Gasteiger partial charge in [-0.15, -0.1) is 0 Å². The lowest BCUT2D eigenvalue weighted by molar-refractivity contribution is -0.134. The Bertz CT molecular complexity index is 250. The second-order valence-corrected chi connectivity index (χ2v) is 4.30. The number of hydrogen-bond acceptors (Lipinski definition) is 3. The zero-order valence-corrected chi connectivity index (χ0v) is 9.87. The van der Waals surface area contributed by atoms with Crippen LogP contribution in [0.4, 0.5) is 0 Å². The predicted molar refractivity (Wildman–Crippen MR) is 61.7 cm³/mol. The molecule has 0 aliphatic carbocycles. The highest BCUT2D eigenvalue weighted by Gasteiger charge is 2.18. The van der Waals surface area contributed by atoms with Gasteiger partial charge in [-0.05, 0) is 19.3 Å². The van der Waals surface area contributed by atoms with Gasteiger partial charge in [-0.1, -0.05) is 6.92 Å². The highest BCUT2D eigenvalue weighted by Crippen LogP contribution is 2.08. The summed E-state index contributed by atoms with van der Waals surface area (Å²) in [4.78, 5) is 24.9. The third kappa shape index (κ3) is 3.81. The minimum absolute atomic E-state index is 0.0114. The average Bonchev–Trinajstić information content (AvgIpc) is 2.35. The van der Waals surface area contributed by atoms with Crippen molar-refractivity contribution in [3.8, 4) is 0 Å². The Morgan fingerprint density at radius 1 is 1.31 bits per heavy atom. The van der Waals surface area contributed by atoms with Gasteiger partial charge in [0.05, 0.1) is 6.54 Å². The molecule has 1 saturated heterocycles. The second-order valence-electron chi connectivity index (χ2n) is 4.30. The van der Waals surface area contributed by atoms with Crippen molar-refractivity contribution < 1.29 is 9.59 Å². The molecule has 1 rings (SSSR count). The molecule has 0 bridgehead atoms. The molecule has 0 saturated carbocycles. The van der Waals surface area contributed by atoms with Crippen molar-refractivity contribution in [2.24, 2.45) is 11.7 Å². The van der Waals surface area contributed by atoms with E-state index in [2.05, 4.69) is 5.32 Å². The Morgan fingerprint density at radius 3 is 2.50 bits per heavy atom. The van der Waals surface area contributed by atoms with Crippen LogP contribution in [0.25, 0.3) is 0 Å². The summed E-state index contributed by atoms with van der Waals surface area (Å²) in [7, 11) is 0. The van der Waals surface area contributed by atoms with Gasteiger partial charge in [-0.25, -0.2) is 0 Å². The molecule has 1 aliphatic heterocycles. The number of carbonyl (C=O) groups excluding carboxylic acids is 2. The number of carbonyl (C=O) groups is 2. The van der Waals surface area contributed by atoms with Crippen LogP contribution in [0.3, 0.4) is 0 Å². The van der Waals surface area contributed by atoms with Crippen molar-refractivity contribution in [2.45, 2.75) is 26.2 Å². The zero-order chi connectivity index (χ0) is 12.0. The molecule has 2 amide bonds. The van der Waals surface area contributed by atoms with E-state index in [1.54, 1.807) is 6.92 Å². The minimum Gasteiger partial charge on any atom is -0.347 e. The molecule has 1 unspecified atom stereocenters. The van der Waals surface area contributed by atoms with Gasteiger partial charge in [0.15, 0.2) is 0 Å². The van der Waals surface area contributed by atoms with Crippen LogP contribution in [0.5, 0.6) is 0 Å². The fraction of sp³-hybridized carbons (Fsp3) is 0.818. The second kappa shape index (κ2) is 6.48. The van der Waals surface area contributed by atoms with Crippen molar-refractivity contribution in [1.29, 1.82) is 0 Å². The van der Waals surface area contributed by atoms with E-state index in [1.165, 1.54) is 6.42 Å². The highest BCUT2D eigenvalue weighted by atomic mass is 16.2. The van der Waals surface area contributed by atoms with Crippen molar-refractivity contribution in [1.82, 2.24) is 10.2 Å². The first-order valence-electron chi connectivity index (χ1n) is 5.90. The molecular formula is C11H21N3O2. The molecule has 1 heterocycles. The van der Waals surface area contributed by atoms with Crippen LogP contribution in [0.15, 0.2) is 0 Å². The number of amides is 2. The number of hydrogen-bond donors (Lipinski definition) is 2. The molecule has 1 fully saturated rings. The van der Waals surface area contributed by atoms with Crippen LogP contribution in [-0.2, 0) is 9.59 Å². The summed E-state index contributed by atoms with van der Waals surface area (Å²) in [5, 5.41) is 2.62. The van der Waals surface area contributed by atoms with Crippen LogP contribution in [-0.4, -0.2) is 42.9 Å². The van der Waals surface area contributed by atoms with Gasteiger partial charge >= 0.3 is 0 Å². The van der Waals surface area contributed by atoms with Gasteiger partial charge in [0.25, 0.3) is 0 Å². The van der Waals surface area contributed by atoms with Gasteiger partial charge in [0, 0.05) is 25.6 Å². The van der Waals surface area contributed by atoms with Gasteiger partial charge in [0.1, 0.15) is 0 Å². The summed E-state index contributed by atoms with van der Waals surface area (Å²) in [6.45, 7) is 3.80. The molecule has 5 heteroatoms. The molecule has 0 spiro atoms. The van der Waals surface area contributed by atoms with E-state index in [0.29, 0.717) is 6.54 Å². The maximum atomic E-state index is 11.7. The van der Waals surface area contributed by atoms with E-state index in [0.717, 1.165) is 25.9 Å². The van der Waals surface area contributed by atoms with Crippen LogP contribution in [0.1, 0.15) is 26.2 Å². The summed E-state index contributed by atoms with van der Waals surface area (Å²) in [5.41, 5.74) is 5.37. The van der Waals surface area contributed by atoms with E-state index < -0.39 is 0 Å². The van der Waals surface area contributed by atoms with Crippen LogP contribution >= 0.6 is 0 Å². The molecule has 92 valence electrons. The molecule has 16 heavy (non-hydrogen) atoms. The molecule has 3 N–H and O–H groups in total. The van der Waals surface area contributed by atoms with Gasteiger partial charge < -0.3 is 16.0 Å². The number of nitrogens with zero attached hydrogens (tertiary/aromatic N) is 1. The normalized spacial score (nSPS) is 18.0. The number of nitrogens with two attached hydrogens (primary N) is 1. The summed E-state index contributed by atoms with van der Waals surface area (Å²) in [6.07, 6.45) is 3.33. The number of piperidine rings is 1. The first-order chi connectivity index (χ1) is 7.65. The molecule has 0 aromatic carbocycles. The molecule has 0 aromatic rings. The third-order valence-corrected chi connectivity index (χ3v) is 2.92. The topological polar surface area (TPSA) is 75.4 Å². The van der Waals surface area contributed by atoms with Crippen LogP contribution in [0.2, 0.25) is 0 Å². The maximum Gasteiger partial charge on any atom is 0.241 e. The Hall–Kier alpha value is -1.10. The Labute approximate surface area is 96.4 Å². The van der Waals surface area contributed by atoms with Gasteiger partial charge in [-0.2, -0.15) is 0 Å². The SMILES string of the molecule is CC(CN)C(=O)NCC(=O)N1CCCCC1. The molecule has 0 aromatic heterocycles. The maximum absolute atomic E-state index is 11.7. The molecule has 0 radical (unpaired) electrons. The fourth-order valence-electron chi connectivity index (χ4n) is 1.70. The molecule has 1 aliphatic rings. The Morgan fingerprint density at radius 2 is 1.94 bits per heavy atom. The Balaban J connectivity index is 2.26. The van der Waals surface area contributed by atoms with Crippen molar-refractivity contribution >= 4 is 11.8 Å². The number of nitrogens with one attached hydrogen (secondary N) is 1. The standard InChI is InChI=1S/C11H21N3O2/c1-9(7-12)11(16)13-8-10(15)14-5-3-2-4-6-14/h9H,2-8,12H2,1H3,(H,13,16). The quantitative estimate of drug-likeness (QED) is 0.693. The zero-order valence-electron chi connectivity index (χ0n) is 9.87. The van der Waals surface area contributed by atoms with Crippen LogP contribution < -0.4 is 11.1 Å². The first-order valence-corrected chi connectivity index (χ1v) is 5.90. The first kappa shape index (κ1) is 13.0. The fourth-order valence-corrected chi connectivity index (χ4v) is 1.70. The van der Waals surface area contributed by atoms with E-state index in [-0.39, 0.29) is 24.3 Å². The summed E-state index contributed by atoms with van der Waals surface area (Å²) in [5.74, 6) is -0.362. The van der Waals surface area contributed by atoms with Crippen molar-refractivity contribution in [3.05, 3.63) is 0 Å².